The smallest absolute Gasteiger partial charge is 0.227 e. The summed E-state index contributed by atoms with van der Waals surface area (Å²) in [5.41, 5.74) is 20.4. The van der Waals surface area contributed by atoms with E-state index in [4.69, 9.17) is 19.4 Å². The van der Waals surface area contributed by atoms with Crippen molar-refractivity contribution >= 4 is 85.2 Å². The highest BCUT2D eigenvalue weighted by atomic mass is 79.9. The lowest BCUT2D eigenvalue weighted by atomic mass is 10.0. The molecule has 0 unspecified atom stereocenters. The Balaban J connectivity index is 0.000000120. The van der Waals surface area contributed by atoms with Crippen LogP contribution in [0.4, 0.5) is 69.3 Å². The predicted molar refractivity (Wildman–Crippen MR) is 515 cm³/mol. The fraction of sp³-hybridized carbons (Fsp3) is 0.194. The van der Waals surface area contributed by atoms with Crippen LogP contribution in [0.1, 0.15) is 36.8 Å². The fourth-order valence-electron chi connectivity index (χ4n) is 15.6. The number of nitrogens with zero attached hydrogens (tertiary/aromatic N) is 27. The van der Waals surface area contributed by atoms with Crippen LogP contribution in [0.5, 0.6) is 0 Å². The standard InChI is InChI=1S/C29H25N9O.C24H21BrN8O.C23H23N7O.C22H21N7O/c30-18-22-17-21(1-6-27(22)37-15-10-25(39)11-16-37)26-9-14-32-29(35-26)34-23-2-4-24(5-3-23)38-19-33-28(36-38)20-7-12-31-13-8-20;25-23-28-15-33(31-23)19-4-2-18(3-5-19)29-24-27-10-7-21(30-24)16-1-6-22(17(13-16)14-26)32-11-8-20(34)9-12-32;1-29-16-25-28-22(29)17-5-7-19(8-6-17)26-23-24-10-9-21(27-23)18-3-2-4-20(15-18)30-11-13-31-14-12-30;1-2-17(14-20(3-1)28-10-12-30-13-11-28)21-8-9-24-22(27-21)26-18-4-6-19(7-5-18)29-16-23-15-25-29/h1-9,12-14,17,19,25,39H,10-11,15-16H2,(H,32,34,35);1-7,10,13,15,20,34H,8-9,11-12H2,(H,27,29,30);2-10,15-16H,11-14H2,1H3,(H,24,26,27);1-9,14-16H,10-13H2,(H,24,26,27). The molecule has 668 valence electrons. The summed E-state index contributed by atoms with van der Waals surface area (Å²) in [6.45, 7) is 9.64. The summed E-state index contributed by atoms with van der Waals surface area (Å²) >= 11 is 3.25. The SMILES string of the molecule is Cn1cnnc1-c1ccc(Nc2nccc(-c3cccc(N4CCOCC4)c3)n2)cc1.N#Cc1cc(-c2ccnc(Nc3ccc(-n4cnc(-c5ccncc5)n4)cc3)n2)ccc1N1CCC(O)CC1.N#Cc1cc(-c2ccnc(Nc3ccc(-n4cnc(Br)n4)cc3)n2)ccc1N1CCC(O)CC1.c1cc(-c2ccnc(Nc3ccc(-n4cncn4)cc3)n2)cc(N2CCOCC2)c1. The van der Waals surface area contributed by atoms with Gasteiger partial charge < -0.3 is 65.1 Å². The second-order valence-electron chi connectivity index (χ2n) is 31.5. The maximum Gasteiger partial charge on any atom is 0.227 e. The van der Waals surface area contributed by atoms with Crippen molar-refractivity contribution in [3.05, 3.63) is 303 Å². The number of aliphatic hydroxyl groups excluding tert-OH is 2. The van der Waals surface area contributed by atoms with E-state index in [2.05, 4.69) is 193 Å². The quantitative estimate of drug-likeness (QED) is 0.0389. The molecule has 0 aliphatic carbocycles. The van der Waals surface area contributed by atoms with Gasteiger partial charge in [-0.3, -0.25) is 4.98 Å². The van der Waals surface area contributed by atoms with Gasteiger partial charge in [-0.1, -0.05) is 36.4 Å². The average molecular weight is 1850 g/mol. The van der Waals surface area contributed by atoms with Gasteiger partial charge in [0.15, 0.2) is 11.6 Å². The number of hydrogen-bond donors (Lipinski definition) is 6. The Morgan fingerprint density at radius 3 is 1.17 bits per heavy atom. The Bertz CT molecular complexity index is 6870. The van der Waals surface area contributed by atoms with Crippen LogP contribution in [0.3, 0.4) is 0 Å². The van der Waals surface area contributed by atoms with E-state index in [1.54, 1.807) is 76.5 Å². The van der Waals surface area contributed by atoms with Crippen LogP contribution in [0, 0.1) is 22.7 Å². The van der Waals surface area contributed by atoms with Gasteiger partial charge in [0.1, 0.15) is 43.8 Å². The van der Waals surface area contributed by atoms with Crippen molar-refractivity contribution in [3.63, 3.8) is 0 Å². The van der Waals surface area contributed by atoms with Crippen LogP contribution in [0.15, 0.2) is 292 Å². The molecule has 4 saturated heterocycles. The first-order valence-corrected chi connectivity index (χ1v) is 44.4. The zero-order valence-electron chi connectivity index (χ0n) is 72.8. The molecule has 35 nitrogen and oxygen atoms in total. The maximum atomic E-state index is 9.81. The van der Waals surface area contributed by atoms with Gasteiger partial charge >= 0.3 is 0 Å². The molecule has 4 aliphatic heterocycles. The van der Waals surface area contributed by atoms with Gasteiger partial charge in [0.25, 0.3) is 0 Å². The summed E-state index contributed by atoms with van der Waals surface area (Å²) < 4.78 is 18.4. The highest BCUT2D eigenvalue weighted by molar-refractivity contribution is 9.10. The van der Waals surface area contributed by atoms with E-state index < -0.39 is 0 Å². The molecule has 4 aliphatic rings. The summed E-state index contributed by atoms with van der Waals surface area (Å²) in [6, 6.07) is 75.6. The van der Waals surface area contributed by atoms with Gasteiger partial charge in [0.2, 0.25) is 28.5 Å². The number of hydrogen-bond acceptors (Lipinski definition) is 31. The molecule has 0 bridgehead atoms. The number of ether oxygens (including phenoxy) is 2. The second-order valence-corrected chi connectivity index (χ2v) is 32.2. The van der Waals surface area contributed by atoms with E-state index in [0.717, 1.165) is 186 Å². The lowest BCUT2D eigenvalue weighted by molar-refractivity contribution is 0.122. The van der Waals surface area contributed by atoms with Crippen molar-refractivity contribution in [1.29, 1.82) is 10.5 Å². The highest BCUT2D eigenvalue weighted by Gasteiger charge is 2.24. The number of anilines is 12. The van der Waals surface area contributed by atoms with E-state index in [9.17, 15) is 20.7 Å². The molecule has 4 fully saturated rings. The Labute approximate surface area is 779 Å². The molecule has 8 aromatic carbocycles. The molecule has 0 radical (unpaired) electrons. The van der Waals surface area contributed by atoms with Crippen LogP contribution in [-0.2, 0) is 16.5 Å². The molecule has 0 spiro atoms. The molecule has 9 aromatic heterocycles. The third kappa shape index (κ3) is 22.3. The monoisotopic (exact) mass is 1840 g/mol. The second kappa shape index (κ2) is 42.4. The summed E-state index contributed by atoms with van der Waals surface area (Å²) in [6.07, 6.45) is 20.9. The van der Waals surface area contributed by atoms with Gasteiger partial charge in [-0.2, -0.15) is 15.6 Å². The first-order valence-electron chi connectivity index (χ1n) is 43.6. The number of piperidine rings is 2. The third-order valence-corrected chi connectivity index (χ3v) is 23.0. The van der Waals surface area contributed by atoms with E-state index in [1.165, 1.54) is 17.7 Å². The molecule has 13 heterocycles. The van der Waals surface area contributed by atoms with Crippen LogP contribution in [-0.4, -0.2) is 205 Å². The number of morpholine rings is 2. The Hall–Kier alpha value is -16.5. The van der Waals surface area contributed by atoms with Gasteiger partial charge in [0.05, 0.1) is 101 Å². The van der Waals surface area contributed by atoms with Crippen molar-refractivity contribution in [2.75, 3.05) is 120 Å². The summed E-state index contributed by atoms with van der Waals surface area (Å²) in [7, 11) is 1.93. The summed E-state index contributed by atoms with van der Waals surface area (Å²) in [4.78, 5) is 61.6. The van der Waals surface area contributed by atoms with Crippen LogP contribution in [0.2, 0.25) is 0 Å². The molecular formula is C98H90BrN31O4. The number of nitrogens with one attached hydrogen (secondary N) is 4. The van der Waals surface area contributed by atoms with Crippen LogP contribution < -0.4 is 40.9 Å². The minimum Gasteiger partial charge on any atom is -0.393 e. The number of rotatable bonds is 21. The number of nitriles is 2. The molecule has 0 amide bonds. The Kier molecular flexibility index (Phi) is 27.9. The van der Waals surface area contributed by atoms with E-state index in [0.29, 0.717) is 76.9 Å². The summed E-state index contributed by atoms with van der Waals surface area (Å²) in [5, 5.41) is 73.2. The lowest BCUT2D eigenvalue weighted by Gasteiger charge is -2.32. The zero-order valence-corrected chi connectivity index (χ0v) is 74.4. The van der Waals surface area contributed by atoms with Gasteiger partial charge in [0, 0.05) is 164 Å². The van der Waals surface area contributed by atoms with Crippen LogP contribution in [0.25, 0.3) is 84.9 Å². The van der Waals surface area contributed by atoms with Crippen molar-refractivity contribution in [1.82, 2.24) is 104 Å². The van der Waals surface area contributed by atoms with Crippen LogP contribution >= 0.6 is 15.9 Å². The summed E-state index contributed by atoms with van der Waals surface area (Å²) in [5.74, 6) is 3.48. The first kappa shape index (κ1) is 88.1. The van der Waals surface area contributed by atoms with Crippen molar-refractivity contribution in [2.45, 2.75) is 37.9 Å². The predicted octanol–water partition coefficient (Wildman–Crippen LogP) is 15.2. The molecule has 36 heteroatoms. The van der Waals surface area contributed by atoms with Gasteiger partial charge in [-0.15, -0.1) is 20.4 Å². The van der Waals surface area contributed by atoms with Crippen molar-refractivity contribution in [2.24, 2.45) is 7.05 Å². The fourth-order valence-corrected chi connectivity index (χ4v) is 15.9. The van der Waals surface area contributed by atoms with E-state index >= 15 is 0 Å². The normalized spacial score (nSPS) is 13.9. The van der Waals surface area contributed by atoms with Crippen molar-refractivity contribution in [3.8, 4) is 97.0 Å². The molecule has 0 saturated carbocycles. The molecule has 0 atom stereocenters. The first-order chi connectivity index (χ1) is 65.8. The van der Waals surface area contributed by atoms with Gasteiger partial charge in [-0.05, 0) is 224 Å². The Morgan fingerprint density at radius 1 is 0.373 bits per heavy atom. The number of benzene rings is 8. The molecule has 6 N–H and O–H groups in total. The number of aromatic nitrogens is 21. The molecule has 17 aromatic rings. The molecular weight excluding hydrogens is 1760 g/mol. The lowest BCUT2D eigenvalue weighted by Crippen LogP contribution is -2.36. The minimum absolute atomic E-state index is 0.256. The number of halogens is 1. The highest BCUT2D eigenvalue weighted by Crippen LogP contribution is 2.35. The van der Waals surface area contributed by atoms with E-state index in [-0.39, 0.29) is 12.2 Å². The zero-order chi connectivity index (χ0) is 91.3. The largest absolute Gasteiger partial charge is 0.393 e. The number of pyridine rings is 1. The Morgan fingerprint density at radius 2 is 0.776 bits per heavy atom. The van der Waals surface area contributed by atoms with E-state index in [1.807, 2.05) is 181 Å². The molecule has 21 rings (SSSR count). The van der Waals surface area contributed by atoms with Gasteiger partial charge in [-0.25, -0.2) is 68.9 Å². The number of aliphatic hydroxyl groups is 2. The minimum atomic E-state index is -0.262. The van der Waals surface area contributed by atoms with Crippen molar-refractivity contribution < 1.29 is 19.7 Å². The third-order valence-electron chi connectivity index (χ3n) is 22.7. The molecule has 134 heavy (non-hydrogen) atoms. The number of aryl methyl sites for hydroxylation is 1. The maximum absolute atomic E-state index is 9.81. The topological polar surface area (TPSA) is 406 Å². The average Bonchev–Trinajstić information content (AvgIpc) is 1.04.